The number of aryl methyl sites for hydroxylation is 1. The van der Waals surface area contributed by atoms with Gasteiger partial charge < -0.3 is 15.8 Å². The lowest BCUT2D eigenvalue weighted by Crippen LogP contribution is -2.46. The maximum atomic E-state index is 13.8. The Bertz CT molecular complexity index is 1780. The fourth-order valence-corrected chi connectivity index (χ4v) is 4.85. The molecule has 49 heavy (non-hydrogen) atoms. The van der Waals surface area contributed by atoms with E-state index in [4.69, 9.17) is 22.1 Å². The number of nitrogens with two attached hydrogens (primary N) is 1. The molecule has 1 aliphatic carbocycles. The SMILES string of the molecule is CCN=C(N)N(C(=O)c1ccc(-c2nnn(C)n2)cc1)[C@H](COC)c1ccc(Cl)c(-n2ncnc2C(F)F)c1.O=CNC1(C(F)(F)F)CC1. The number of halogens is 6. The van der Waals surface area contributed by atoms with Gasteiger partial charge in [0, 0.05) is 24.8 Å². The standard InChI is InChI=1S/C24H25ClF2N10O2.C5H6F3NO/c1-4-29-24(28)36(23(38)15-7-5-14(6-8-15)21-32-34-35(2)33-21)19(12-39-3)16-9-10-17(25)18(11-16)37-22(20(26)27)30-13-31-37;6-5(7,8)4(1-2-4)9-3-10/h5-11,13,19-20H,4,12H2,1-3H3,(H2,28,29);3H,1-2H2,(H,9,10)/t19-;/m1./s1. The second kappa shape index (κ2) is 15.5. The van der Waals surface area contributed by atoms with Crippen LogP contribution in [-0.2, 0) is 16.6 Å². The monoisotopic (exact) mass is 711 g/mol. The van der Waals surface area contributed by atoms with Gasteiger partial charge >= 0.3 is 6.18 Å². The summed E-state index contributed by atoms with van der Waals surface area (Å²) < 4.78 is 69.0. The number of nitrogens with one attached hydrogen (secondary N) is 1. The van der Waals surface area contributed by atoms with Crippen molar-refractivity contribution in [3.8, 4) is 17.1 Å². The predicted octanol–water partition coefficient (Wildman–Crippen LogP) is 4.04. The lowest BCUT2D eigenvalue weighted by Gasteiger charge is -2.31. The zero-order chi connectivity index (χ0) is 35.9. The van der Waals surface area contributed by atoms with E-state index in [1.807, 2.05) is 0 Å². The third-order valence-electron chi connectivity index (χ3n) is 7.30. The van der Waals surface area contributed by atoms with Crippen molar-refractivity contribution < 1.29 is 36.3 Å². The van der Waals surface area contributed by atoms with Gasteiger partial charge in [0.25, 0.3) is 12.3 Å². The van der Waals surface area contributed by atoms with E-state index in [0.29, 0.717) is 29.1 Å². The Balaban J connectivity index is 0.000000463. The Morgan fingerprint density at radius 2 is 1.92 bits per heavy atom. The molecule has 0 bridgehead atoms. The second-order valence-electron chi connectivity index (χ2n) is 10.5. The van der Waals surface area contributed by atoms with Crippen molar-refractivity contribution in [1.29, 1.82) is 0 Å². The van der Waals surface area contributed by atoms with Crippen LogP contribution >= 0.6 is 11.6 Å². The van der Waals surface area contributed by atoms with Gasteiger partial charge in [-0.3, -0.25) is 19.5 Å². The van der Waals surface area contributed by atoms with E-state index in [2.05, 4.69) is 30.5 Å². The zero-order valence-corrected chi connectivity index (χ0v) is 27.0. The lowest BCUT2D eigenvalue weighted by molar-refractivity contribution is -0.167. The quantitative estimate of drug-likeness (QED) is 0.101. The van der Waals surface area contributed by atoms with E-state index in [9.17, 15) is 31.5 Å². The van der Waals surface area contributed by atoms with Crippen LogP contribution in [0.25, 0.3) is 17.1 Å². The molecule has 4 aromatic rings. The van der Waals surface area contributed by atoms with Crippen LogP contribution in [0.1, 0.15) is 54.0 Å². The van der Waals surface area contributed by atoms with E-state index in [1.54, 1.807) is 49.6 Å². The first-order chi connectivity index (χ1) is 23.3. The summed E-state index contributed by atoms with van der Waals surface area (Å²) in [6.45, 7) is 2.10. The summed E-state index contributed by atoms with van der Waals surface area (Å²) in [5, 5.41) is 17.8. The van der Waals surface area contributed by atoms with Gasteiger partial charge in [-0.15, -0.1) is 10.2 Å². The molecule has 5 rings (SSSR count). The molecule has 0 spiro atoms. The average Bonchev–Trinajstić information content (AvgIpc) is 3.48. The third kappa shape index (κ3) is 8.34. The number of tetrazole rings is 1. The number of alkyl halides is 5. The first kappa shape index (κ1) is 36.8. The minimum atomic E-state index is -4.28. The van der Waals surface area contributed by atoms with Gasteiger partial charge in [-0.1, -0.05) is 29.8 Å². The molecule has 20 heteroatoms. The minimum absolute atomic E-state index is 0.00736. The van der Waals surface area contributed by atoms with Crippen molar-refractivity contribution in [2.24, 2.45) is 17.8 Å². The molecule has 1 fully saturated rings. The van der Waals surface area contributed by atoms with Gasteiger partial charge in [-0.25, -0.2) is 18.4 Å². The number of nitrogens with zero attached hydrogens (tertiary/aromatic N) is 9. The summed E-state index contributed by atoms with van der Waals surface area (Å²) >= 11 is 6.35. The molecule has 2 aromatic carbocycles. The smallest absolute Gasteiger partial charge is 0.382 e. The molecule has 14 nitrogen and oxygen atoms in total. The maximum absolute atomic E-state index is 13.8. The number of hydrogen-bond acceptors (Lipinski definition) is 9. The number of hydrogen-bond donors (Lipinski definition) is 2. The number of carbonyl (C=O) groups is 2. The lowest BCUT2D eigenvalue weighted by atomic mass is 10.0. The Labute approximate surface area is 281 Å². The number of aromatic nitrogens is 7. The van der Waals surface area contributed by atoms with Crippen molar-refractivity contribution in [2.75, 3.05) is 20.3 Å². The van der Waals surface area contributed by atoms with Crippen molar-refractivity contribution in [3.05, 3.63) is 70.8 Å². The molecule has 1 saturated carbocycles. The van der Waals surface area contributed by atoms with E-state index < -0.39 is 35.9 Å². The summed E-state index contributed by atoms with van der Waals surface area (Å²) in [5.41, 5.74) is 6.05. The summed E-state index contributed by atoms with van der Waals surface area (Å²) in [7, 11) is 3.12. The number of guanidine groups is 1. The molecule has 262 valence electrons. The van der Waals surface area contributed by atoms with E-state index in [1.165, 1.54) is 28.9 Å². The first-order valence-corrected chi connectivity index (χ1v) is 14.9. The second-order valence-corrected chi connectivity index (χ2v) is 10.9. The molecule has 2 aromatic heterocycles. The molecule has 2 heterocycles. The van der Waals surface area contributed by atoms with Crippen molar-refractivity contribution in [2.45, 2.75) is 43.9 Å². The molecule has 0 unspecified atom stereocenters. The largest absolute Gasteiger partial charge is 0.411 e. The van der Waals surface area contributed by atoms with Crippen LogP contribution in [-0.4, -0.2) is 90.1 Å². The number of ether oxygens (including phenoxy) is 1. The van der Waals surface area contributed by atoms with Crippen LogP contribution in [0.4, 0.5) is 22.0 Å². The molecule has 1 aliphatic rings. The number of benzene rings is 2. The van der Waals surface area contributed by atoms with Gasteiger partial charge in [0.2, 0.25) is 12.2 Å². The first-order valence-electron chi connectivity index (χ1n) is 14.5. The molecular weight excluding hydrogens is 681 g/mol. The Morgan fingerprint density at radius 1 is 1.22 bits per heavy atom. The number of methoxy groups -OCH3 is 1. The van der Waals surface area contributed by atoms with Gasteiger partial charge in [0.15, 0.2) is 11.8 Å². The molecule has 0 aliphatic heterocycles. The van der Waals surface area contributed by atoms with Gasteiger partial charge in [0.05, 0.1) is 30.4 Å². The Hall–Kier alpha value is -5.04. The van der Waals surface area contributed by atoms with Gasteiger partial charge in [-0.05, 0) is 54.8 Å². The van der Waals surface area contributed by atoms with Crippen molar-refractivity contribution in [3.63, 3.8) is 0 Å². The summed E-state index contributed by atoms with van der Waals surface area (Å²) in [6, 6.07) is 10.5. The van der Waals surface area contributed by atoms with E-state index >= 15 is 0 Å². The topological polar surface area (TPSA) is 171 Å². The fraction of sp³-hybridized carbons (Fsp3) is 0.379. The summed E-state index contributed by atoms with van der Waals surface area (Å²) in [6.07, 6.45) is -6.04. The molecule has 0 radical (unpaired) electrons. The van der Waals surface area contributed by atoms with Crippen molar-refractivity contribution in [1.82, 2.24) is 45.2 Å². The van der Waals surface area contributed by atoms with Crippen LogP contribution in [0.5, 0.6) is 0 Å². The number of carbonyl (C=O) groups excluding carboxylic acids is 2. The number of rotatable bonds is 11. The molecule has 2 amide bonds. The Kier molecular flexibility index (Phi) is 11.6. The van der Waals surface area contributed by atoms with Gasteiger partial charge in [-0.2, -0.15) is 23.1 Å². The zero-order valence-electron chi connectivity index (χ0n) is 26.3. The molecule has 1 atom stereocenters. The van der Waals surface area contributed by atoms with Crippen LogP contribution in [0.3, 0.4) is 0 Å². The molecular formula is C29H31ClF5N11O3. The summed E-state index contributed by atoms with van der Waals surface area (Å²) in [5.74, 6) is -0.677. The van der Waals surface area contributed by atoms with Crippen LogP contribution < -0.4 is 11.1 Å². The number of aliphatic imine (C=N–C) groups is 1. The fourth-order valence-electron chi connectivity index (χ4n) is 4.65. The van der Waals surface area contributed by atoms with Crippen LogP contribution in [0.2, 0.25) is 5.02 Å². The maximum Gasteiger partial charge on any atom is 0.411 e. The van der Waals surface area contributed by atoms with Crippen LogP contribution in [0.15, 0.2) is 53.8 Å². The van der Waals surface area contributed by atoms with Gasteiger partial charge in [0.1, 0.15) is 11.9 Å². The number of amides is 2. The Morgan fingerprint density at radius 3 is 2.43 bits per heavy atom. The van der Waals surface area contributed by atoms with E-state index in [0.717, 1.165) is 11.0 Å². The summed E-state index contributed by atoms with van der Waals surface area (Å²) in [4.78, 5) is 34.0. The average molecular weight is 712 g/mol. The highest BCUT2D eigenvalue weighted by molar-refractivity contribution is 6.32. The highest BCUT2D eigenvalue weighted by Crippen LogP contribution is 2.48. The highest BCUT2D eigenvalue weighted by atomic mass is 35.5. The highest BCUT2D eigenvalue weighted by Gasteiger charge is 2.63. The van der Waals surface area contributed by atoms with E-state index in [-0.39, 0.29) is 42.5 Å². The minimum Gasteiger partial charge on any atom is -0.382 e. The normalized spacial score (nSPS) is 14.5. The van der Waals surface area contributed by atoms with Crippen LogP contribution in [0, 0.1) is 0 Å². The molecule has 0 saturated heterocycles. The van der Waals surface area contributed by atoms with Crippen molar-refractivity contribution >= 4 is 29.9 Å². The molecule has 3 N–H and O–H groups in total. The third-order valence-corrected chi connectivity index (χ3v) is 7.62. The predicted molar refractivity (Wildman–Crippen MR) is 166 cm³/mol.